The molecule has 1 aromatic carbocycles. The van der Waals surface area contributed by atoms with E-state index in [-0.39, 0.29) is 11.9 Å². The minimum Gasteiger partial charge on any atom is -0.350 e. The molecule has 0 spiro atoms. The lowest BCUT2D eigenvalue weighted by Crippen LogP contribution is -2.45. The first-order chi connectivity index (χ1) is 11.1. The lowest BCUT2D eigenvalue weighted by molar-refractivity contribution is 0.0714. The van der Waals surface area contributed by atoms with Gasteiger partial charge in [0.05, 0.1) is 0 Å². The van der Waals surface area contributed by atoms with Crippen LogP contribution in [0.3, 0.4) is 0 Å². The molecule has 2 aromatic rings. The van der Waals surface area contributed by atoms with Crippen LogP contribution >= 0.6 is 0 Å². The summed E-state index contributed by atoms with van der Waals surface area (Å²) in [6.45, 7) is 5.42. The van der Waals surface area contributed by atoms with E-state index in [1.807, 2.05) is 55.1 Å². The van der Waals surface area contributed by atoms with Gasteiger partial charge in [0.25, 0.3) is 5.91 Å². The second-order valence-corrected chi connectivity index (χ2v) is 6.07. The van der Waals surface area contributed by atoms with Crippen LogP contribution in [0.1, 0.15) is 34.6 Å². The summed E-state index contributed by atoms with van der Waals surface area (Å²) in [5, 5.41) is 3.38. The summed E-state index contributed by atoms with van der Waals surface area (Å²) in [6, 6.07) is 11.6. The number of aromatic nitrogens is 2. The van der Waals surface area contributed by atoms with Crippen LogP contribution in [-0.2, 0) is 0 Å². The van der Waals surface area contributed by atoms with Crippen molar-refractivity contribution in [2.24, 2.45) is 0 Å². The Hall–Kier alpha value is -2.43. The predicted octanol–water partition coefficient (Wildman–Crippen LogP) is 2.81. The maximum absolute atomic E-state index is 12.6. The van der Waals surface area contributed by atoms with Gasteiger partial charge in [0.2, 0.25) is 5.95 Å². The van der Waals surface area contributed by atoms with Crippen LogP contribution in [0.4, 0.5) is 5.95 Å². The summed E-state index contributed by atoms with van der Waals surface area (Å²) in [5.74, 6) is 0.750. The molecule has 0 unspecified atom stereocenters. The van der Waals surface area contributed by atoms with E-state index in [9.17, 15) is 4.79 Å². The van der Waals surface area contributed by atoms with Crippen molar-refractivity contribution in [2.75, 3.05) is 18.4 Å². The Bertz CT molecular complexity index is 666. The van der Waals surface area contributed by atoms with Crippen LogP contribution in [0.25, 0.3) is 0 Å². The van der Waals surface area contributed by atoms with E-state index in [1.165, 1.54) is 0 Å². The SMILES string of the molecule is Cc1cc(C)nc(N[C@@H]2CCCN(C(=O)c3ccccc3)C2)n1. The third-order valence-electron chi connectivity index (χ3n) is 4.04. The number of rotatable bonds is 3. The number of anilines is 1. The summed E-state index contributed by atoms with van der Waals surface area (Å²) >= 11 is 0. The minimum absolute atomic E-state index is 0.0958. The Morgan fingerprint density at radius 3 is 2.57 bits per heavy atom. The van der Waals surface area contributed by atoms with E-state index < -0.39 is 0 Å². The molecular weight excluding hydrogens is 288 g/mol. The molecule has 120 valence electrons. The molecule has 0 aliphatic carbocycles. The lowest BCUT2D eigenvalue weighted by Gasteiger charge is -2.33. The van der Waals surface area contributed by atoms with Crippen LogP contribution in [0, 0.1) is 13.8 Å². The number of nitrogens with one attached hydrogen (secondary N) is 1. The standard InChI is InChI=1S/C18H22N4O/c1-13-11-14(2)20-18(19-13)21-16-9-6-10-22(12-16)17(23)15-7-4-3-5-8-15/h3-5,7-8,11,16H,6,9-10,12H2,1-2H3,(H,19,20,21)/t16-/m1/s1. The molecule has 23 heavy (non-hydrogen) atoms. The highest BCUT2D eigenvalue weighted by molar-refractivity contribution is 5.94. The first-order valence-corrected chi connectivity index (χ1v) is 8.05. The quantitative estimate of drug-likeness (QED) is 0.947. The number of carbonyl (C=O) groups excluding carboxylic acids is 1. The zero-order valence-electron chi connectivity index (χ0n) is 13.6. The maximum Gasteiger partial charge on any atom is 0.253 e. The number of piperidine rings is 1. The van der Waals surface area contributed by atoms with Gasteiger partial charge in [-0.05, 0) is 44.9 Å². The van der Waals surface area contributed by atoms with Gasteiger partial charge in [0.1, 0.15) is 0 Å². The van der Waals surface area contributed by atoms with Gasteiger partial charge >= 0.3 is 0 Å². The summed E-state index contributed by atoms with van der Waals surface area (Å²) < 4.78 is 0. The highest BCUT2D eigenvalue weighted by atomic mass is 16.2. The fourth-order valence-electron chi connectivity index (χ4n) is 3.02. The number of aryl methyl sites for hydroxylation is 2. The van der Waals surface area contributed by atoms with E-state index in [4.69, 9.17) is 0 Å². The van der Waals surface area contributed by atoms with Crippen molar-refractivity contribution in [2.45, 2.75) is 32.7 Å². The Morgan fingerprint density at radius 2 is 1.87 bits per heavy atom. The molecule has 1 fully saturated rings. The average molecular weight is 310 g/mol. The van der Waals surface area contributed by atoms with Crippen LogP contribution in [0.2, 0.25) is 0 Å². The molecular formula is C18H22N4O. The van der Waals surface area contributed by atoms with Gasteiger partial charge in [-0.2, -0.15) is 0 Å². The third kappa shape index (κ3) is 3.86. The molecule has 1 aromatic heterocycles. The highest BCUT2D eigenvalue weighted by Crippen LogP contribution is 2.17. The van der Waals surface area contributed by atoms with Crippen molar-refractivity contribution < 1.29 is 4.79 Å². The number of nitrogens with zero attached hydrogens (tertiary/aromatic N) is 3. The molecule has 1 aliphatic rings. The number of benzene rings is 1. The number of carbonyl (C=O) groups is 1. The van der Waals surface area contributed by atoms with Gasteiger partial charge in [-0.1, -0.05) is 18.2 Å². The molecule has 2 heterocycles. The molecule has 1 aliphatic heterocycles. The molecule has 5 heteroatoms. The largest absolute Gasteiger partial charge is 0.350 e. The topological polar surface area (TPSA) is 58.1 Å². The van der Waals surface area contributed by atoms with Gasteiger partial charge in [0, 0.05) is 36.1 Å². The fourth-order valence-corrected chi connectivity index (χ4v) is 3.02. The monoisotopic (exact) mass is 310 g/mol. The normalized spacial score (nSPS) is 17.8. The summed E-state index contributed by atoms with van der Waals surface area (Å²) in [5.41, 5.74) is 2.65. The Labute approximate surface area is 136 Å². The van der Waals surface area contributed by atoms with Crippen molar-refractivity contribution >= 4 is 11.9 Å². The summed E-state index contributed by atoms with van der Waals surface area (Å²) in [7, 11) is 0. The van der Waals surface area contributed by atoms with Crippen molar-refractivity contribution in [3.63, 3.8) is 0 Å². The predicted molar refractivity (Wildman–Crippen MR) is 90.5 cm³/mol. The second kappa shape index (κ2) is 6.77. The smallest absolute Gasteiger partial charge is 0.253 e. The van der Waals surface area contributed by atoms with Crippen molar-refractivity contribution in [3.05, 3.63) is 53.3 Å². The second-order valence-electron chi connectivity index (χ2n) is 6.07. The number of likely N-dealkylation sites (tertiary alicyclic amines) is 1. The highest BCUT2D eigenvalue weighted by Gasteiger charge is 2.24. The van der Waals surface area contributed by atoms with Crippen LogP contribution in [0.5, 0.6) is 0 Å². The third-order valence-corrected chi connectivity index (χ3v) is 4.04. The van der Waals surface area contributed by atoms with E-state index >= 15 is 0 Å². The number of hydrogen-bond acceptors (Lipinski definition) is 4. The van der Waals surface area contributed by atoms with Gasteiger partial charge in [-0.3, -0.25) is 4.79 Å². The van der Waals surface area contributed by atoms with Crippen molar-refractivity contribution in [1.29, 1.82) is 0 Å². The Morgan fingerprint density at radius 1 is 1.17 bits per heavy atom. The van der Waals surface area contributed by atoms with Crippen molar-refractivity contribution in [3.8, 4) is 0 Å². The van der Waals surface area contributed by atoms with Crippen molar-refractivity contribution in [1.82, 2.24) is 14.9 Å². The number of hydrogen-bond donors (Lipinski definition) is 1. The van der Waals surface area contributed by atoms with Crippen LogP contribution in [0.15, 0.2) is 36.4 Å². The zero-order valence-corrected chi connectivity index (χ0v) is 13.6. The van der Waals surface area contributed by atoms with Gasteiger partial charge in [-0.25, -0.2) is 9.97 Å². The molecule has 1 N–H and O–H groups in total. The fraction of sp³-hybridized carbons (Fsp3) is 0.389. The Balaban J connectivity index is 1.67. The summed E-state index contributed by atoms with van der Waals surface area (Å²) in [4.78, 5) is 23.3. The molecule has 1 amide bonds. The van der Waals surface area contributed by atoms with Crippen LogP contribution < -0.4 is 5.32 Å². The molecule has 0 saturated carbocycles. The average Bonchev–Trinajstić information content (AvgIpc) is 2.54. The summed E-state index contributed by atoms with van der Waals surface area (Å²) in [6.07, 6.45) is 2.01. The van der Waals surface area contributed by atoms with E-state index in [0.717, 1.165) is 36.3 Å². The molecule has 0 bridgehead atoms. The number of amides is 1. The first-order valence-electron chi connectivity index (χ1n) is 8.05. The van der Waals surface area contributed by atoms with E-state index in [0.29, 0.717) is 12.5 Å². The maximum atomic E-state index is 12.6. The minimum atomic E-state index is 0.0958. The molecule has 3 rings (SSSR count). The van der Waals surface area contributed by atoms with E-state index in [1.54, 1.807) is 0 Å². The van der Waals surface area contributed by atoms with E-state index in [2.05, 4.69) is 15.3 Å². The molecule has 0 radical (unpaired) electrons. The van der Waals surface area contributed by atoms with Crippen LogP contribution in [-0.4, -0.2) is 39.9 Å². The first kappa shape index (κ1) is 15.5. The Kier molecular flexibility index (Phi) is 4.55. The molecule has 1 atom stereocenters. The molecule has 5 nitrogen and oxygen atoms in total. The lowest BCUT2D eigenvalue weighted by atomic mass is 10.0. The molecule has 1 saturated heterocycles. The van der Waals surface area contributed by atoms with Gasteiger partial charge < -0.3 is 10.2 Å². The van der Waals surface area contributed by atoms with Gasteiger partial charge in [0.15, 0.2) is 0 Å². The van der Waals surface area contributed by atoms with Gasteiger partial charge in [-0.15, -0.1) is 0 Å². The zero-order chi connectivity index (χ0) is 16.2.